The summed E-state index contributed by atoms with van der Waals surface area (Å²) in [5.41, 5.74) is 2.01. The molecule has 0 aromatic carbocycles. The van der Waals surface area contributed by atoms with Gasteiger partial charge in [-0.1, -0.05) is 19.8 Å². The molecule has 0 radical (unpaired) electrons. The van der Waals surface area contributed by atoms with Crippen LogP contribution in [0.3, 0.4) is 0 Å². The maximum atomic E-state index is 12.6. The SMILES string of the molecule is CCc1nc(C2CCCC2)n2nc(-c3csc(C)n3)[nH]c(=O)c12. The van der Waals surface area contributed by atoms with Crippen LogP contribution in [0.15, 0.2) is 10.2 Å². The van der Waals surface area contributed by atoms with Crippen molar-refractivity contribution in [1.82, 2.24) is 24.6 Å². The summed E-state index contributed by atoms with van der Waals surface area (Å²) in [6, 6.07) is 0. The molecule has 3 aromatic rings. The van der Waals surface area contributed by atoms with E-state index in [9.17, 15) is 4.79 Å². The second-order valence-electron chi connectivity index (χ2n) is 6.07. The van der Waals surface area contributed by atoms with Crippen molar-refractivity contribution < 1.29 is 0 Å². The average molecular weight is 329 g/mol. The molecular weight excluding hydrogens is 310 g/mol. The second kappa shape index (κ2) is 5.56. The highest BCUT2D eigenvalue weighted by Gasteiger charge is 2.25. The largest absolute Gasteiger partial charge is 0.302 e. The Bertz CT molecular complexity index is 916. The van der Waals surface area contributed by atoms with Gasteiger partial charge in [-0.05, 0) is 26.2 Å². The zero-order valence-corrected chi connectivity index (χ0v) is 14.1. The summed E-state index contributed by atoms with van der Waals surface area (Å²) >= 11 is 1.55. The van der Waals surface area contributed by atoms with Crippen molar-refractivity contribution in [2.75, 3.05) is 0 Å². The van der Waals surface area contributed by atoms with Crippen molar-refractivity contribution in [3.05, 3.63) is 32.3 Å². The molecule has 3 aromatic heterocycles. The van der Waals surface area contributed by atoms with Gasteiger partial charge in [-0.15, -0.1) is 16.4 Å². The molecule has 6 nitrogen and oxygen atoms in total. The molecule has 120 valence electrons. The first-order chi connectivity index (χ1) is 11.2. The highest BCUT2D eigenvalue weighted by molar-refractivity contribution is 7.09. The van der Waals surface area contributed by atoms with Crippen LogP contribution < -0.4 is 5.56 Å². The Morgan fingerprint density at radius 2 is 2.13 bits per heavy atom. The van der Waals surface area contributed by atoms with Gasteiger partial charge in [-0.2, -0.15) is 0 Å². The van der Waals surface area contributed by atoms with Crippen LogP contribution in [0, 0.1) is 6.92 Å². The van der Waals surface area contributed by atoms with E-state index in [4.69, 9.17) is 4.98 Å². The topological polar surface area (TPSA) is 75.9 Å². The van der Waals surface area contributed by atoms with E-state index in [0.717, 1.165) is 41.5 Å². The second-order valence-corrected chi connectivity index (χ2v) is 7.13. The number of rotatable bonds is 3. The van der Waals surface area contributed by atoms with Gasteiger partial charge in [-0.3, -0.25) is 4.79 Å². The quantitative estimate of drug-likeness (QED) is 0.801. The van der Waals surface area contributed by atoms with Gasteiger partial charge < -0.3 is 4.98 Å². The Kier molecular flexibility index (Phi) is 3.52. The van der Waals surface area contributed by atoms with E-state index < -0.39 is 0 Å². The fourth-order valence-corrected chi connectivity index (χ4v) is 3.98. The van der Waals surface area contributed by atoms with Gasteiger partial charge in [0.25, 0.3) is 5.56 Å². The van der Waals surface area contributed by atoms with Crippen LogP contribution in [-0.4, -0.2) is 24.6 Å². The van der Waals surface area contributed by atoms with Gasteiger partial charge in [0, 0.05) is 11.3 Å². The summed E-state index contributed by atoms with van der Waals surface area (Å²) in [5.74, 6) is 1.86. The minimum atomic E-state index is -0.130. The lowest BCUT2D eigenvalue weighted by Crippen LogP contribution is -2.16. The maximum Gasteiger partial charge on any atom is 0.277 e. The van der Waals surface area contributed by atoms with Crippen molar-refractivity contribution >= 4 is 16.9 Å². The fraction of sp³-hybridized carbons (Fsp3) is 0.500. The molecular formula is C16H19N5OS. The molecule has 3 heterocycles. The Labute approximate surface area is 137 Å². The molecule has 0 saturated heterocycles. The molecule has 1 N–H and O–H groups in total. The summed E-state index contributed by atoms with van der Waals surface area (Å²) in [6.45, 7) is 3.97. The molecule has 1 saturated carbocycles. The Morgan fingerprint density at radius 3 is 2.78 bits per heavy atom. The lowest BCUT2D eigenvalue weighted by Gasteiger charge is -2.07. The van der Waals surface area contributed by atoms with E-state index in [1.807, 2.05) is 19.2 Å². The van der Waals surface area contributed by atoms with Gasteiger partial charge in [0.15, 0.2) is 11.3 Å². The van der Waals surface area contributed by atoms with Crippen molar-refractivity contribution in [2.24, 2.45) is 0 Å². The third-order valence-corrected chi connectivity index (χ3v) is 5.29. The summed E-state index contributed by atoms with van der Waals surface area (Å²) < 4.78 is 1.78. The number of hydrogen-bond acceptors (Lipinski definition) is 5. The molecule has 1 fully saturated rings. The van der Waals surface area contributed by atoms with Crippen molar-refractivity contribution in [1.29, 1.82) is 0 Å². The highest BCUT2D eigenvalue weighted by atomic mass is 32.1. The smallest absolute Gasteiger partial charge is 0.277 e. The Balaban J connectivity index is 1.96. The summed E-state index contributed by atoms with van der Waals surface area (Å²) in [6.07, 6.45) is 5.44. The fourth-order valence-electron chi connectivity index (χ4n) is 3.38. The summed E-state index contributed by atoms with van der Waals surface area (Å²) in [7, 11) is 0. The van der Waals surface area contributed by atoms with Gasteiger partial charge >= 0.3 is 0 Å². The van der Waals surface area contributed by atoms with E-state index in [1.165, 1.54) is 12.8 Å². The first-order valence-electron chi connectivity index (χ1n) is 8.11. The first-order valence-corrected chi connectivity index (χ1v) is 8.99. The normalized spacial score (nSPS) is 15.7. The number of nitrogens with one attached hydrogen (secondary N) is 1. The van der Waals surface area contributed by atoms with Crippen molar-refractivity contribution in [2.45, 2.75) is 51.9 Å². The number of thiazole rings is 1. The number of hydrogen-bond donors (Lipinski definition) is 1. The zero-order valence-electron chi connectivity index (χ0n) is 13.3. The van der Waals surface area contributed by atoms with Crippen LogP contribution in [0.1, 0.15) is 55.1 Å². The van der Waals surface area contributed by atoms with E-state index in [-0.39, 0.29) is 5.56 Å². The number of H-pyrrole nitrogens is 1. The molecule has 0 bridgehead atoms. The van der Waals surface area contributed by atoms with Gasteiger partial charge in [0.2, 0.25) is 0 Å². The first kappa shape index (κ1) is 14.6. The van der Waals surface area contributed by atoms with Crippen molar-refractivity contribution in [3.8, 4) is 11.5 Å². The zero-order chi connectivity index (χ0) is 16.0. The molecule has 4 rings (SSSR count). The average Bonchev–Trinajstić information content (AvgIpc) is 3.25. The van der Waals surface area contributed by atoms with Crippen LogP contribution in [0.2, 0.25) is 0 Å². The highest BCUT2D eigenvalue weighted by Crippen LogP contribution is 2.34. The number of aromatic nitrogens is 5. The van der Waals surface area contributed by atoms with E-state index in [0.29, 0.717) is 17.3 Å². The van der Waals surface area contributed by atoms with E-state index in [1.54, 1.807) is 15.9 Å². The van der Waals surface area contributed by atoms with Crippen molar-refractivity contribution in [3.63, 3.8) is 0 Å². The molecule has 0 aliphatic heterocycles. The molecule has 0 amide bonds. The van der Waals surface area contributed by atoms with Crippen LogP contribution >= 0.6 is 11.3 Å². The van der Waals surface area contributed by atoms with Gasteiger partial charge in [-0.25, -0.2) is 14.5 Å². The third-order valence-electron chi connectivity index (χ3n) is 4.52. The molecule has 1 aliphatic rings. The third kappa shape index (κ3) is 2.39. The molecule has 0 atom stereocenters. The van der Waals surface area contributed by atoms with Gasteiger partial charge in [0.1, 0.15) is 11.5 Å². The number of nitrogens with zero attached hydrogens (tertiary/aromatic N) is 4. The van der Waals surface area contributed by atoms with Gasteiger partial charge in [0.05, 0.1) is 10.7 Å². The predicted octanol–water partition coefficient (Wildman–Crippen LogP) is 3.07. The molecule has 23 heavy (non-hydrogen) atoms. The number of fused-ring (bicyclic) bond motifs is 1. The summed E-state index contributed by atoms with van der Waals surface area (Å²) in [5, 5.41) is 7.56. The monoisotopic (exact) mass is 329 g/mol. The van der Waals surface area contributed by atoms with E-state index in [2.05, 4.69) is 15.1 Å². The number of aromatic amines is 1. The van der Waals surface area contributed by atoms with Crippen LogP contribution in [0.25, 0.3) is 17.0 Å². The lowest BCUT2D eigenvalue weighted by atomic mass is 10.1. The minimum absolute atomic E-state index is 0.130. The number of aryl methyl sites for hydroxylation is 2. The number of imidazole rings is 1. The standard InChI is InChI=1S/C16H19N5OS/c1-3-11-13-16(22)19-14(12-8-23-9(2)17-12)20-21(13)15(18-11)10-6-4-5-7-10/h8,10H,3-7H2,1-2H3,(H,19,20,22). The maximum absolute atomic E-state index is 12.6. The lowest BCUT2D eigenvalue weighted by molar-refractivity contribution is 0.639. The molecule has 7 heteroatoms. The Hall–Kier alpha value is -2.02. The predicted molar refractivity (Wildman–Crippen MR) is 90.0 cm³/mol. The summed E-state index contributed by atoms with van der Waals surface area (Å²) in [4.78, 5) is 24.7. The van der Waals surface area contributed by atoms with E-state index >= 15 is 0 Å². The molecule has 0 spiro atoms. The minimum Gasteiger partial charge on any atom is -0.302 e. The molecule has 1 aliphatic carbocycles. The molecule has 0 unspecified atom stereocenters. The van der Waals surface area contributed by atoms with Crippen LogP contribution in [-0.2, 0) is 6.42 Å². The van der Waals surface area contributed by atoms with Crippen LogP contribution in [0.5, 0.6) is 0 Å². The van der Waals surface area contributed by atoms with Crippen LogP contribution in [0.4, 0.5) is 0 Å². The Morgan fingerprint density at radius 1 is 1.35 bits per heavy atom.